The highest BCUT2D eigenvalue weighted by Gasteiger charge is 2.31. The fourth-order valence-electron chi connectivity index (χ4n) is 4.07. The van der Waals surface area contributed by atoms with E-state index in [1.807, 2.05) is 36.4 Å². The number of methoxy groups -OCH3 is 4. The summed E-state index contributed by atoms with van der Waals surface area (Å²) in [5, 5.41) is 2.63. The van der Waals surface area contributed by atoms with Gasteiger partial charge in [0.15, 0.2) is 11.5 Å². The van der Waals surface area contributed by atoms with E-state index in [-0.39, 0.29) is 30.0 Å². The Bertz CT molecular complexity index is 1240. The smallest absolute Gasteiger partial charge is 0.244 e. The number of ether oxygens (including phenoxy) is 4. The molecule has 4 rings (SSSR count). The average molecular weight is 509 g/mol. The van der Waals surface area contributed by atoms with Crippen molar-refractivity contribution in [3.63, 3.8) is 0 Å². The molecule has 9 heteroatoms. The van der Waals surface area contributed by atoms with Crippen molar-refractivity contribution in [1.29, 1.82) is 0 Å². The monoisotopic (exact) mass is 508 g/mol. The molecule has 36 heavy (non-hydrogen) atoms. The molecule has 0 spiro atoms. The van der Waals surface area contributed by atoms with Gasteiger partial charge < -0.3 is 29.2 Å². The second-order valence-electron chi connectivity index (χ2n) is 8.00. The molecule has 3 aromatic carbocycles. The third-order valence-electron chi connectivity index (χ3n) is 5.80. The minimum atomic E-state index is -0.303. The summed E-state index contributed by atoms with van der Waals surface area (Å²) in [6.45, 7) is -0.115. The van der Waals surface area contributed by atoms with E-state index in [0.717, 1.165) is 10.5 Å². The van der Waals surface area contributed by atoms with Gasteiger partial charge >= 0.3 is 0 Å². The standard InChI is InChI=1S/C27H28N2O6S/c1-32-19-9-7-8-18(14-19)28-25(30)16-29-20-10-5-6-11-23(20)36-24(15-26(29)31)17-12-21(33-2)27(35-4)22(13-17)34-3/h5-14,24H,15-16H2,1-4H3,(H,28,30)/t24-/m1/s1. The normalized spacial score (nSPS) is 14.9. The second kappa shape index (κ2) is 11.3. The molecule has 1 aliphatic rings. The molecule has 3 aromatic rings. The lowest BCUT2D eigenvalue weighted by atomic mass is 10.1. The van der Waals surface area contributed by atoms with Gasteiger partial charge in [-0.3, -0.25) is 9.59 Å². The number of nitrogens with zero attached hydrogens (tertiary/aromatic N) is 1. The highest BCUT2D eigenvalue weighted by molar-refractivity contribution is 7.99. The van der Waals surface area contributed by atoms with E-state index in [0.29, 0.717) is 34.4 Å². The van der Waals surface area contributed by atoms with Gasteiger partial charge in [0.2, 0.25) is 17.6 Å². The number of carbonyl (C=O) groups is 2. The van der Waals surface area contributed by atoms with E-state index in [1.54, 1.807) is 64.5 Å². The summed E-state index contributed by atoms with van der Waals surface area (Å²) in [7, 11) is 6.24. The Morgan fingerprint density at radius 1 is 0.944 bits per heavy atom. The largest absolute Gasteiger partial charge is 0.497 e. The zero-order valence-electron chi connectivity index (χ0n) is 20.6. The molecule has 1 atom stereocenters. The number of benzene rings is 3. The van der Waals surface area contributed by atoms with Gasteiger partial charge in [0.1, 0.15) is 12.3 Å². The van der Waals surface area contributed by atoms with E-state index in [9.17, 15) is 9.59 Å². The van der Waals surface area contributed by atoms with E-state index < -0.39 is 0 Å². The fraction of sp³-hybridized carbons (Fsp3) is 0.259. The number of rotatable bonds is 8. The Morgan fingerprint density at radius 3 is 2.33 bits per heavy atom. The number of para-hydroxylation sites is 1. The molecule has 0 aliphatic carbocycles. The van der Waals surface area contributed by atoms with Gasteiger partial charge in [-0.05, 0) is 42.0 Å². The molecule has 2 amide bonds. The topological polar surface area (TPSA) is 86.3 Å². The Morgan fingerprint density at radius 2 is 1.67 bits per heavy atom. The number of amides is 2. The van der Waals surface area contributed by atoms with E-state index in [1.165, 1.54) is 4.90 Å². The summed E-state index contributed by atoms with van der Waals surface area (Å²) in [6.07, 6.45) is 0.185. The minimum Gasteiger partial charge on any atom is -0.497 e. The quantitative estimate of drug-likeness (QED) is 0.462. The number of thioether (sulfide) groups is 1. The summed E-state index contributed by atoms with van der Waals surface area (Å²) in [4.78, 5) is 28.9. The molecule has 1 N–H and O–H groups in total. The third-order valence-corrected chi connectivity index (χ3v) is 7.12. The zero-order chi connectivity index (χ0) is 25.7. The Hall–Kier alpha value is -3.85. The number of nitrogens with one attached hydrogen (secondary N) is 1. The summed E-state index contributed by atoms with van der Waals surface area (Å²) >= 11 is 1.56. The Labute approximate surface area is 214 Å². The SMILES string of the molecule is COc1cccc(NC(=O)CN2C(=O)C[C@H](c3cc(OC)c(OC)c(OC)c3)Sc3ccccc32)c1. The fourth-order valence-corrected chi connectivity index (χ4v) is 5.33. The molecule has 0 saturated heterocycles. The van der Waals surface area contributed by atoms with E-state index in [4.69, 9.17) is 18.9 Å². The number of fused-ring (bicyclic) bond motifs is 1. The van der Waals surface area contributed by atoms with Crippen LogP contribution in [-0.4, -0.2) is 46.8 Å². The molecule has 0 fully saturated rings. The molecule has 8 nitrogen and oxygen atoms in total. The van der Waals surface area contributed by atoms with Crippen molar-refractivity contribution in [2.45, 2.75) is 16.6 Å². The molecular formula is C27H28N2O6S. The maximum absolute atomic E-state index is 13.5. The molecule has 188 valence electrons. The van der Waals surface area contributed by atoms with E-state index >= 15 is 0 Å². The van der Waals surface area contributed by atoms with Gasteiger partial charge in [0.25, 0.3) is 0 Å². The number of carbonyl (C=O) groups excluding carboxylic acids is 2. The summed E-state index contributed by atoms with van der Waals surface area (Å²) in [5.74, 6) is 1.70. The third kappa shape index (κ3) is 5.36. The van der Waals surface area contributed by atoms with Gasteiger partial charge in [0.05, 0.1) is 34.1 Å². The first-order valence-corrected chi connectivity index (χ1v) is 12.1. The molecule has 1 heterocycles. The van der Waals surface area contributed by atoms with Crippen LogP contribution >= 0.6 is 11.8 Å². The van der Waals surface area contributed by atoms with E-state index in [2.05, 4.69) is 5.32 Å². The number of anilines is 2. The maximum atomic E-state index is 13.5. The van der Waals surface area contributed by atoms with Crippen LogP contribution in [0, 0.1) is 0 Å². The van der Waals surface area contributed by atoms with Crippen LogP contribution in [0.4, 0.5) is 11.4 Å². The highest BCUT2D eigenvalue weighted by atomic mass is 32.2. The molecular weight excluding hydrogens is 480 g/mol. The van der Waals surface area contributed by atoms with Crippen molar-refractivity contribution >= 4 is 35.0 Å². The van der Waals surface area contributed by atoms with Crippen molar-refractivity contribution in [2.75, 3.05) is 45.2 Å². The van der Waals surface area contributed by atoms with Crippen molar-refractivity contribution in [3.05, 3.63) is 66.2 Å². The van der Waals surface area contributed by atoms with Gasteiger partial charge in [0, 0.05) is 28.3 Å². The van der Waals surface area contributed by atoms with Crippen molar-refractivity contribution in [3.8, 4) is 23.0 Å². The Kier molecular flexibility index (Phi) is 7.90. The molecule has 0 radical (unpaired) electrons. The first kappa shape index (κ1) is 25.2. The van der Waals surface area contributed by atoms with Gasteiger partial charge in [-0.1, -0.05) is 18.2 Å². The van der Waals surface area contributed by atoms with Gasteiger partial charge in [-0.2, -0.15) is 0 Å². The summed E-state index contributed by atoms with van der Waals surface area (Å²) in [5.41, 5.74) is 2.16. The second-order valence-corrected chi connectivity index (χ2v) is 9.24. The lowest BCUT2D eigenvalue weighted by Crippen LogP contribution is -2.38. The van der Waals surface area contributed by atoms with Crippen LogP contribution in [0.2, 0.25) is 0 Å². The van der Waals surface area contributed by atoms with Crippen molar-refractivity contribution < 1.29 is 28.5 Å². The zero-order valence-corrected chi connectivity index (χ0v) is 21.4. The molecule has 1 aliphatic heterocycles. The van der Waals surface area contributed by atoms with Crippen molar-refractivity contribution in [1.82, 2.24) is 0 Å². The maximum Gasteiger partial charge on any atom is 0.244 e. The molecule has 0 aromatic heterocycles. The van der Waals surface area contributed by atoms with Crippen LogP contribution in [0.3, 0.4) is 0 Å². The van der Waals surface area contributed by atoms with Gasteiger partial charge in [-0.25, -0.2) is 0 Å². The predicted octanol–water partition coefficient (Wildman–Crippen LogP) is 4.93. The number of hydrogen-bond donors (Lipinski definition) is 1. The van der Waals surface area contributed by atoms with Crippen LogP contribution in [-0.2, 0) is 9.59 Å². The van der Waals surface area contributed by atoms with Crippen LogP contribution in [0.15, 0.2) is 65.6 Å². The average Bonchev–Trinajstić information content (AvgIpc) is 3.04. The first-order chi connectivity index (χ1) is 17.5. The molecule has 0 unspecified atom stereocenters. The molecule has 0 saturated carbocycles. The highest BCUT2D eigenvalue weighted by Crippen LogP contribution is 2.49. The molecule has 0 bridgehead atoms. The predicted molar refractivity (Wildman–Crippen MR) is 140 cm³/mol. The summed E-state index contributed by atoms with van der Waals surface area (Å²) in [6, 6.07) is 18.4. The Balaban J connectivity index is 1.62. The van der Waals surface area contributed by atoms with Crippen molar-refractivity contribution in [2.24, 2.45) is 0 Å². The summed E-state index contributed by atoms with van der Waals surface area (Å²) < 4.78 is 21.7. The lowest BCUT2D eigenvalue weighted by molar-refractivity contribution is -0.121. The minimum absolute atomic E-state index is 0.115. The van der Waals surface area contributed by atoms with Gasteiger partial charge in [-0.15, -0.1) is 11.8 Å². The van der Waals surface area contributed by atoms with Crippen LogP contribution < -0.4 is 29.2 Å². The lowest BCUT2D eigenvalue weighted by Gasteiger charge is -2.22. The van der Waals surface area contributed by atoms with Crippen LogP contribution in [0.1, 0.15) is 17.2 Å². The first-order valence-electron chi connectivity index (χ1n) is 11.3. The van der Waals surface area contributed by atoms with Crippen LogP contribution in [0.25, 0.3) is 0 Å². The van der Waals surface area contributed by atoms with Crippen LogP contribution in [0.5, 0.6) is 23.0 Å². The number of hydrogen-bond acceptors (Lipinski definition) is 7.